The molecule has 6 N–H and O–H groups in total. The van der Waals surface area contributed by atoms with Gasteiger partial charge in [-0.2, -0.15) is 0 Å². The molecule has 5 heterocycles. The molecule has 0 radical (unpaired) electrons. The quantitative estimate of drug-likeness (QED) is 0.0846. The SMILES string of the molecule is CCCCC[C@H]1CN2C(=O)[C@@]13CCCC[C@@H]3CSS[C@H](O)[C@@]13C[C@@H](O)[C@@H](O)C[C@]1(C)[C@H]1CC[C@]4(CCc5cc(O)cc2c5)[C@@H]([C@@](C)(O)[C@@H]2O[C@H]2[C@H](C)C(C)C)CC[C@@]4(O)C1=CC3=O. The molecule has 4 saturated carbocycles. The Hall–Kier alpha value is -1.64. The average molecular weight is 910 g/mol. The number of amides is 1. The second-order valence-corrected chi connectivity index (χ2v) is 25.1. The zero-order valence-electron chi connectivity index (χ0n) is 38.6. The van der Waals surface area contributed by atoms with E-state index in [0.717, 1.165) is 56.9 Å². The Morgan fingerprint density at radius 3 is 2.48 bits per heavy atom. The molecule has 8 bridgehead atoms. The summed E-state index contributed by atoms with van der Waals surface area (Å²) in [5.41, 5.74) is -5.72. The highest BCUT2D eigenvalue weighted by atomic mass is 33.1. The van der Waals surface area contributed by atoms with Gasteiger partial charge >= 0.3 is 0 Å². The lowest BCUT2D eigenvalue weighted by Gasteiger charge is -2.65. The van der Waals surface area contributed by atoms with Crippen LogP contribution in [0.3, 0.4) is 0 Å². The molecule has 2 saturated heterocycles. The Kier molecular flexibility index (Phi) is 12.2. The lowest BCUT2D eigenvalue weighted by Crippen LogP contribution is -2.68. The van der Waals surface area contributed by atoms with Gasteiger partial charge in [0.2, 0.25) is 5.91 Å². The van der Waals surface area contributed by atoms with Crippen LogP contribution in [0.5, 0.6) is 5.75 Å². The van der Waals surface area contributed by atoms with Crippen molar-refractivity contribution >= 4 is 39.0 Å². The van der Waals surface area contributed by atoms with Gasteiger partial charge in [0.15, 0.2) is 5.78 Å². The van der Waals surface area contributed by atoms with E-state index in [1.54, 1.807) is 18.2 Å². The van der Waals surface area contributed by atoms with E-state index in [1.165, 1.54) is 21.6 Å². The molecule has 12 heteroatoms. The minimum atomic E-state index is -1.50. The van der Waals surface area contributed by atoms with E-state index in [1.807, 2.05) is 18.7 Å². The molecule has 10 aliphatic rings. The first-order chi connectivity index (χ1) is 29.8. The number of aromatic hydroxyl groups is 1. The summed E-state index contributed by atoms with van der Waals surface area (Å²) in [5, 5.41) is 73.5. The third-order valence-electron chi connectivity index (χ3n) is 19.6. The van der Waals surface area contributed by atoms with E-state index in [9.17, 15) is 30.6 Å². The molecular formula is C51H75NO9S2. The maximum absolute atomic E-state index is 15.3. The van der Waals surface area contributed by atoms with Crippen LogP contribution in [0.15, 0.2) is 29.8 Å². The van der Waals surface area contributed by atoms with Crippen LogP contribution in [-0.2, 0) is 20.7 Å². The zero-order valence-corrected chi connectivity index (χ0v) is 40.2. The van der Waals surface area contributed by atoms with Crippen molar-refractivity contribution in [3.05, 3.63) is 35.4 Å². The summed E-state index contributed by atoms with van der Waals surface area (Å²) in [6.07, 6.45) is 9.51. The summed E-state index contributed by atoms with van der Waals surface area (Å²) < 4.78 is 6.37. The van der Waals surface area contributed by atoms with Gasteiger partial charge in [0.05, 0.1) is 40.3 Å². The van der Waals surface area contributed by atoms with Gasteiger partial charge < -0.3 is 40.3 Å². The molecule has 1 amide bonds. The summed E-state index contributed by atoms with van der Waals surface area (Å²) in [5.74, 6) is 0.527. The van der Waals surface area contributed by atoms with Crippen molar-refractivity contribution in [3.63, 3.8) is 0 Å². The Morgan fingerprint density at radius 2 is 1.73 bits per heavy atom. The van der Waals surface area contributed by atoms with Crippen LogP contribution in [-0.4, -0.2) is 95.7 Å². The van der Waals surface area contributed by atoms with Gasteiger partial charge in [0.25, 0.3) is 0 Å². The van der Waals surface area contributed by atoms with Gasteiger partial charge in [0.1, 0.15) is 17.3 Å². The monoisotopic (exact) mass is 909 g/mol. The van der Waals surface area contributed by atoms with Gasteiger partial charge in [-0.25, -0.2) is 0 Å². The van der Waals surface area contributed by atoms with Gasteiger partial charge in [-0.15, -0.1) is 0 Å². The van der Waals surface area contributed by atoms with Crippen LogP contribution >= 0.6 is 21.6 Å². The molecule has 10 nitrogen and oxygen atoms in total. The van der Waals surface area contributed by atoms with E-state index in [4.69, 9.17) is 4.74 Å². The van der Waals surface area contributed by atoms with Crippen LogP contribution in [0.2, 0.25) is 0 Å². The number of nitrogens with zero attached hydrogens (tertiary/aromatic N) is 1. The van der Waals surface area contributed by atoms with Crippen molar-refractivity contribution < 1.29 is 45.0 Å². The standard InChI is InChI=1S/C51H75NO9S2/c1-7-8-9-12-32-27-52-34-21-31(22-35(53)23-34)14-18-48-19-15-36-37(51(48,60)20-16-40(48)47(6,59)43-42(61-43)30(4)29(2)3)24-41(56)50(26-39(55)38(54)25-46(36,50)5)45(58)63-62-28-33-13-10-11-17-49(32,33)44(52)57/h21-24,29-30,32-33,36,38-40,42-43,45,53-55,58-60H,7-20,25-28H2,1-6H3/t30-,32+,33-,36+,38+,39-,40-,42+,43-,45+,46-,47-,48-,49+,50+,51-/m1/s1. The number of aryl methyl sites for hydroxylation is 1. The molecule has 11 rings (SSSR count). The molecule has 0 unspecified atom stereocenters. The third-order valence-corrected chi connectivity index (χ3v) is 22.2. The number of fused-ring (bicyclic) bond motifs is 2. The number of phenolic OH excluding ortho intramolecular Hbond substituents is 1. The van der Waals surface area contributed by atoms with Crippen molar-refractivity contribution in [2.45, 2.75) is 185 Å². The first-order valence-electron chi connectivity index (χ1n) is 24.7. The van der Waals surface area contributed by atoms with Gasteiger partial charge in [0, 0.05) is 29.5 Å². The number of benzene rings is 1. The summed E-state index contributed by atoms with van der Waals surface area (Å²) in [6.45, 7) is 13.2. The molecule has 63 heavy (non-hydrogen) atoms. The lowest BCUT2D eigenvalue weighted by molar-refractivity contribution is -0.198. The summed E-state index contributed by atoms with van der Waals surface area (Å²) in [4.78, 5) is 32.6. The van der Waals surface area contributed by atoms with Crippen molar-refractivity contribution in [2.24, 2.45) is 57.2 Å². The smallest absolute Gasteiger partial charge is 0.233 e. The largest absolute Gasteiger partial charge is 0.508 e. The normalized spacial score (nSPS) is 45.1. The zero-order chi connectivity index (χ0) is 45.1. The number of hydrogen-bond donors (Lipinski definition) is 6. The number of ketones is 1. The van der Waals surface area contributed by atoms with E-state index >= 15 is 9.59 Å². The number of ether oxygens (including phenoxy) is 1. The molecule has 1 aromatic carbocycles. The fourth-order valence-electron chi connectivity index (χ4n) is 15.7. The molecular weight excluding hydrogens is 835 g/mol. The fourth-order valence-corrected chi connectivity index (χ4v) is 18.8. The number of anilines is 1. The Bertz CT molecular complexity index is 1980. The topological polar surface area (TPSA) is 171 Å². The number of phenols is 1. The van der Waals surface area contributed by atoms with E-state index in [2.05, 4.69) is 33.8 Å². The van der Waals surface area contributed by atoms with Gasteiger partial charge in [-0.1, -0.05) is 88.3 Å². The lowest BCUT2D eigenvalue weighted by atomic mass is 9.40. The van der Waals surface area contributed by atoms with Crippen molar-refractivity contribution in [1.82, 2.24) is 0 Å². The Balaban J connectivity index is 1.19. The van der Waals surface area contributed by atoms with Crippen molar-refractivity contribution in [3.8, 4) is 5.75 Å². The average Bonchev–Trinajstić information content (AvgIpc) is 3.92. The predicted molar refractivity (Wildman–Crippen MR) is 248 cm³/mol. The highest BCUT2D eigenvalue weighted by molar-refractivity contribution is 8.76. The first kappa shape index (κ1) is 46.5. The molecule has 3 spiro atoms. The van der Waals surface area contributed by atoms with Gasteiger partial charge in [-0.3, -0.25) is 9.59 Å². The molecule has 1 aromatic rings. The number of carbonyl (C=O) groups excluding carboxylic acids is 2. The minimum Gasteiger partial charge on any atom is -0.508 e. The van der Waals surface area contributed by atoms with Crippen LogP contribution in [0.1, 0.15) is 143 Å². The Morgan fingerprint density at radius 1 is 0.968 bits per heavy atom. The number of aliphatic hydroxyl groups excluding tert-OH is 3. The number of epoxide rings is 1. The molecule has 6 fully saturated rings. The van der Waals surface area contributed by atoms with E-state index in [0.29, 0.717) is 68.0 Å². The first-order valence-corrected chi connectivity index (χ1v) is 27.0. The second kappa shape index (κ2) is 16.6. The molecule has 0 aromatic heterocycles. The molecule has 5 aliphatic heterocycles. The fraction of sp³-hybridized carbons (Fsp3) is 0.804. The second-order valence-electron chi connectivity index (χ2n) is 22.6. The van der Waals surface area contributed by atoms with Crippen LogP contribution in [0.25, 0.3) is 0 Å². The van der Waals surface area contributed by atoms with Crippen LogP contribution < -0.4 is 4.90 Å². The maximum Gasteiger partial charge on any atom is 0.233 e. The van der Waals surface area contributed by atoms with E-state index in [-0.39, 0.29) is 60.1 Å². The maximum atomic E-state index is 15.3. The van der Waals surface area contributed by atoms with Gasteiger partial charge in [-0.05, 0) is 148 Å². The molecule has 16 atom stereocenters. The molecule has 350 valence electrons. The van der Waals surface area contributed by atoms with Crippen LogP contribution in [0, 0.1) is 57.2 Å². The highest BCUT2D eigenvalue weighted by Gasteiger charge is 2.75. The number of carbonyl (C=O) groups is 2. The number of rotatable bonds is 8. The number of unbranched alkanes of at least 4 members (excludes halogenated alkanes) is 2. The molecule has 5 aliphatic carbocycles. The Labute approximate surface area is 383 Å². The summed E-state index contributed by atoms with van der Waals surface area (Å²) in [7, 11) is 2.80. The predicted octanol–water partition coefficient (Wildman–Crippen LogP) is 8.12. The number of aliphatic hydroxyl groups is 5. The summed E-state index contributed by atoms with van der Waals surface area (Å²) in [6, 6.07) is 5.57. The summed E-state index contributed by atoms with van der Waals surface area (Å²) >= 11 is 0. The number of allylic oxidation sites excluding steroid dienone is 1. The van der Waals surface area contributed by atoms with Crippen molar-refractivity contribution in [1.29, 1.82) is 0 Å². The van der Waals surface area contributed by atoms with E-state index < -0.39 is 62.5 Å². The highest BCUT2D eigenvalue weighted by Crippen LogP contribution is 2.74. The number of hydrogen-bond acceptors (Lipinski definition) is 11. The minimum absolute atomic E-state index is 0.0572. The third kappa shape index (κ3) is 6.84. The van der Waals surface area contributed by atoms with Crippen LogP contribution in [0.4, 0.5) is 5.69 Å². The van der Waals surface area contributed by atoms with Crippen molar-refractivity contribution in [2.75, 3.05) is 17.2 Å².